The molecule has 0 aromatic heterocycles. The molecule has 1 N–H and O–H groups in total. The van der Waals surface area contributed by atoms with Crippen molar-refractivity contribution in [1.29, 1.82) is 0 Å². The Hall–Kier alpha value is -0.0800. The van der Waals surface area contributed by atoms with Crippen LogP contribution in [0.4, 0.5) is 0 Å². The van der Waals surface area contributed by atoms with Crippen molar-refractivity contribution in [2.24, 2.45) is 0 Å². The smallest absolute Gasteiger partial charge is 0.0687 e. The Labute approximate surface area is 100 Å². The zero-order chi connectivity index (χ0) is 11.6. The summed E-state index contributed by atoms with van der Waals surface area (Å²) in [5.41, 5.74) is 0.552. The van der Waals surface area contributed by atoms with E-state index in [1.54, 1.807) is 0 Å². The average Bonchev–Trinajstić information content (AvgIpc) is 2.76. The monoisotopic (exact) mass is 225 g/mol. The van der Waals surface area contributed by atoms with Crippen LogP contribution >= 0.6 is 0 Å². The first-order valence-corrected chi connectivity index (χ1v) is 6.92. The van der Waals surface area contributed by atoms with Gasteiger partial charge >= 0.3 is 0 Å². The van der Waals surface area contributed by atoms with Crippen molar-refractivity contribution in [3.63, 3.8) is 0 Å². The molecule has 0 aromatic carbocycles. The van der Waals surface area contributed by atoms with E-state index in [9.17, 15) is 0 Å². The molecule has 1 unspecified atom stereocenters. The van der Waals surface area contributed by atoms with Crippen molar-refractivity contribution >= 4 is 0 Å². The zero-order valence-electron chi connectivity index (χ0n) is 11.1. The zero-order valence-corrected chi connectivity index (χ0v) is 11.1. The molecule has 2 heteroatoms. The predicted molar refractivity (Wildman–Crippen MR) is 67.7 cm³/mol. The maximum Gasteiger partial charge on any atom is 0.0687 e. The Morgan fingerprint density at radius 1 is 1.19 bits per heavy atom. The summed E-state index contributed by atoms with van der Waals surface area (Å²) in [5, 5.41) is 3.55. The minimum Gasteiger partial charge on any atom is -0.372 e. The van der Waals surface area contributed by atoms with E-state index in [1.165, 1.54) is 44.9 Å². The van der Waals surface area contributed by atoms with E-state index in [4.69, 9.17) is 4.74 Å². The van der Waals surface area contributed by atoms with E-state index in [-0.39, 0.29) is 5.54 Å². The lowest BCUT2D eigenvalue weighted by Crippen LogP contribution is -2.37. The van der Waals surface area contributed by atoms with Crippen molar-refractivity contribution in [2.75, 3.05) is 6.54 Å². The average molecular weight is 225 g/mol. The molecular formula is C14H27NO. The second-order valence-corrected chi connectivity index (χ2v) is 6.63. The molecule has 2 fully saturated rings. The molecule has 2 aliphatic rings. The Kier molecular flexibility index (Phi) is 3.60. The van der Waals surface area contributed by atoms with Crippen LogP contribution in [-0.4, -0.2) is 23.8 Å². The topological polar surface area (TPSA) is 21.3 Å². The highest BCUT2D eigenvalue weighted by molar-refractivity contribution is 4.92. The lowest BCUT2D eigenvalue weighted by molar-refractivity contribution is -0.0388. The second-order valence-electron chi connectivity index (χ2n) is 6.63. The molecule has 1 saturated heterocycles. The first-order valence-electron chi connectivity index (χ1n) is 6.92. The summed E-state index contributed by atoms with van der Waals surface area (Å²) in [5.74, 6) is 0. The molecular weight excluding hydrogens is 198 g/mol. The summed E-state index contributed by atoms with van der Waals surface area (Å²) in [6.45, 7) is 7.76. The lowest BCUT2D eigenvalue weighted by atomic mass is 9.98. The molecule has 1 heterocycles. The molecule has 1 aliphatic heterocycles. The molecule has 1 spiro atoms. The van der Waals surface area contributed by atoms with Gasteiger partial charge < -0.3 is 10.1 Å². The van der Waals surface area contributed by atoms with Crippen LogP contribution in [0.1, 0.15) is 65.7 Å². The number of hydrogen-bond acceptors (Lipinski definition) is 2. The Morgan fingerprint density at radius 3 is 2.50 bits per heavy atom. The molecule has 0 radical (unpaired) electrons. The standard InChI is InChI=1S/C14H27NO/c1-13(2,3)15-11-7-12-6-10-14(16-12)8-4-5-9-14/h12,15H,4-11H2,1-3H3. The number of rotatable bonds is 3. The van der Waals surface area contributed by atoms with Crippen molar-refractivity contribution in [3.05, 3.63) is 0 Å². The van der Waals surface area contributed by atoms with Crippen LogP contribution in [0.5, 0.6) is 0 Å². The van der Waals surface area contributed by atoms with Crippen molar-refractivity contribution < 1.29 is 4.74 Å². The molecule has 1 saturated carbocycles. The van der Waals surface area contributed by atoms with E-state index in [2.05, 4.69) is 26.1 Å². The molecule has 16 heavy (non-hydrogen) atoms. The van der Waals surface area contributed by atoms with Crippen molar-refractivity contribution in [1.82, 2.24) is 5.32 Å². The predicted octanol–water partition coefficient (Wildman–Crippen LogP) is 3.26. The van der Waals surface area contributed by atoms with Gasteiger partial charge in [0.15, 0.2) is 0 Å². The van der Waals surface area contributed by atoms with Crippen LogP contribution in [0.2, 0.25) is 0 Å². The highest BCUT2D eigenvalue weighted by Gasteiger charge is 2.41. The number of hydrogen-bond donors (Lipinski definition) is 1. The molecule has 2 nitrogen and oxygen atoms in total. The summed E-state index contributed by atoms with van der Waals surface area (Å²) in [4.78, 5) is 0. The van der Waals surface area contributed by atoms with Gasteiger partial charge in [-0.3, -0.25) is 0 Å². The number of ether oxygens (including phenoxy) is 1. The van der Waals surface area contributed by atoms with Gasteiger partial charge in [0.25, 0.3) is 0 Å². The third-order valence-corrected chi connectivity index (χ3v) is 3.98. The van der Waals surface area contributed by atoms with Gasteiger partial charge in [0, 0.05) is 5.54 Å². The van der Waals surface area contributed by atoms with E-state index >= 15 is 0 Å². The largest absolute Gasteiger partial charge is 0.372 e. The van der Waals surface area contributed by atoms with Gasteiger partial charge in [0.1, 0.15) is 0 Å². The van der Waals surface area contributed by atoms with E-state index in [0.29, 0.717) is 11.7 Å². The fraction of sp³-hybridized carbons (Fsp3) is 1.00. The SMILES string of the molecule is CC(C)(C)NCCC1CCC2(CCCC2)O1. The second kappa shape index (κ2) is 4.66. The van der Waals surface area contributed by atoms with Gasteiger partial charge in [0.05, 0.1) is 11.7 Å². The van der Waals surface area contributed by atoms with E-state index in [1.807, 2.05) is 0 Å². The van der Waals surface area contributed by atoms with E-state index < -0.39 is 0 Å². The van der Waals surface area contributed by atoms with Gasteiger partial charge in [-0.05, 0) is 59.4 Å². The molecule has 1 aliphatic carbocycles. The molecule has 0 amide bonds. The van der Waals surface area contributed by atoms with Crippen LogP contribution < -0.4 is 5.32 Å². The van der Waals surface area contributed by atoms with Gasteiger partial charge in [-0.2, -0.15) is 0 Å². The first-order chi connectivity index (χ1) is 7.49. The molecule has 94 valence electrons. The summed E-state index contributed by atoms with van der Waals surface area (Å²) >= 11 is 0. The first kappa shape index (κ1) is 12.4. The maximum atomic E-state index is 6.28. The Morgan fingerprint density at radius 2 is 1.88 bits per heavy atom. The lowest BCUT2D eigenvalue weighted by Gasteiger charge is -2.25. The highest BCUT2D eigenvalue weighted by atomic mass is 16.5. The molecule has 1 atom stereocenters. The van der Waals surface area contributed by atoms with Crippen LogP contribution in [0, 0.1) is 0 Å². The normalized spacial score (nSPS) is 29.1. The summed E-state index contributed by atoms with van der Waals surface area (Å²) < 4.78 is 6.28. The Balaban J connectivity index is 1.69. The number of nitrogens with one attached hydrogen (secondary N) is 1. The maximum absolute atomic E-state index is 6.28. The molecule has 0 bridgehead atoms. The van der Waals surface area contributed by atoms with Gasteiger partial charge in [0.2, 0.25) is 0 Å². The highest BCUT2D eigenvalue weighted by Crippen LogP contribution is 2.43. The fourth-order valence-corrected chi connectivity index (χ4v) is 3.09. The van der Waals surface area contributed by atoms with Gasteiger partial charge in [-0.15, -0.1) is 0 Å². The third-order valence-electron chi connectivity index (χ3n) is 3.98. The van der Waals surface area contributed by atoms with E-state index in [0.717, 1.165) is 6.54 Å². The van der Waals surface area contributed by atoms with Crippen LogP contribution in [0.15, 0.2) is 0 Å². The van der Waals surface area contributed by atoms with Crippen molar-refractivity contribution in [2.45, 2.75) is 83.0 Å². The Bertz CT molecular complexity index is 225. The van der Waals surface area contributed by atoms with Crippen LogP contribution in [0.3, 0.4) is 0 Å². The summed E-state index contributed by atoms with van der Waals surface area (Å²) in [7, 11) is 0. The summed E-state index contributed by atoms with van der Waals surface area (Å²) in [6.07, 6.45) is 9.69. The minimum atomic E-state index is 0.240. The quantitative estimate of drug-likeness (QED) is 0.796. The third kappa shape index (κ3) is 3.21. The van der Waals surface area contributed by atoms with Crippen LogP contribution in [0.25, 0.3) is 0 Å². The van der Waals surface area contributed by atoms with Gasteiger partial charge in [-0.1, -0.05) is 12.8 Å². The summed E-state index contributed by atoms with van der Waals surface area (Å²) in [6, 6.07) is 0. The van der Waals surface area contributed by atoms with Crippen LogP contribution in [-0.2, 0) is 4.74 Å². The molecule has 0 aromatic rings. The minimum absolute atomic E-state index is 0.240. The molecule has 2 rings (SSSR count). The fourth-order valence-electron chi connectivity index (χ4n) is 3.09. The van der Waals surface area contributed by atoms with Crippen molar-refractivity contribution in [3.8, 4) is 0 Å². The van der Waals surface area contributed by atoms with Gasteiger partial charge in [-0.25, -0.2) is 0 Å².